The van der Waals surface area contributed by atoms with Gasteiger partial charge in [0.15, 0.2) is 0 Å². The summed E-state index contributed by atoms with van der Waals surface area (Å²) in [5.41, 5.74) is 2.15. The maximum Gasteiger partial charge on any atom is 0.0915 e. The maximum atomic E-state index is 10.2. The first-order valence-electron chi connectivity index (χ1n) is 7.05. The molecule has 0 amide bonds. The van der Waals surface area contributed by atoms with Crippen molar-refractivity contribution in [2.24, 2.45) is 5.92 Å². The summed E-state index contributed by atoms with van der Waals surface area (Å²) < 4.78 is 0. The van der Waals surface area contributed by atoms with Crippen molar-refractivity contribution in [3.05, 3.63) is 66.0 Å². The van der Waals surface area contributed by atoms with Crippen LogP contribution in [0.3, 0.4) is 0 Å². The minimum atomic E-state index is -0.511. The van der Waals surface area contributed by atoms with Gasteiger partial charge >= 0.3 is 0 Å². The fraction of sp³-hybridized carbons (Fsp3) is 0.353. The molecule has 0 aliphatic heterocycles. The topological polar surface area (TPSA) is 45.1 Å². The highest BCUT2D eigenvalue weighted by atomic mass is 16.3. The third-order valence-corrected chi connectivity index (χ3v) is 3.45. The van der Waals surface area contributed by atoms with E-state index in [4.69, 9.17) is 0 Å². The number of nitrogens with zero attached hydrogens (tertiary/aromatic N) is 1. The first-order chi connectivity index (χ1) is 9.68. The van der Waals surface area contributed by atoms with E-state index in [1.807, 2.05) is 30.3 Å². The van der Waals surface area contributed by atoms with Gasteiger partial charge in [0.25, 0.3) is 0 Å². The van der Waals surface area contributed by atoms with Crippen molar-refractivity contribution in [3.8, 4) is 0 Å². The van der Waals surface area contributed by atoms with E-state index in [9.17, 15) is 5.11 Å². The average molecular weight is 270 g/mol. The van der Waals surface area contributed by atoms with E-state index in [-0.39, 0.29) is 6.04 Å². The largest absolute Gasteiger partial charge is 0.387 e. The van der Waals surface area contributed by atoms with Crippen molar-refractivity contribution in [2.75, 3.05) is 6.54 Å². The van der Waals surface area contributed by atoms with Crippen molar-refractivity contribution in [3.63, 3.8) is 0 Å². The van der Waals surface area contributed by atoms with Crippen LogP contribution in [0, 0.1) is 5.92 Å². The lowest BCUT2D eigenvalue weighted by molar-refractivity contribution is 0.165. The molecule has 106 valence electrons. The molecule has 0 bridgehead atoms. The lowest BCUT2D eigenvalue weighted by Crippen LogP contribution is -2.29. The van der Waals surface area contributed by atoms with Crippen LogP contribution in [0.5, 0.6) is 0 Å². The van der Waals surface area contributed by atoms with Crippen LogP contribution in [0.1, 0.15) is 37.1 Å². The third-order valence-electron chi connectivity index (χ3n) is 3.45. The summed E-state index contributed by atoms with van der Waals surface area (Å²) in [6, 6.07) is 14.3. The summed E-state index contributed by atoms with van der Waals surface area (Å²) in [7, 11) is 0. The van der Waals surface area contributed by atoms with Crippen LogP contribution in [0.25, 0.3) is 0 Å². The molecule has 0 fully saturated rings. The van der Waals surface area contributed by atoms with Gasteiger partial charge < -0.3 is 10.4 Å². The molecule has 2 rings (SSSR count). The molecular weight excluding hydrogens is 248 g/mol. The SMILES string of the molecule is CC(C)C(NCC(O)c1ccncc1)c1ccccc1. The van der Waals surface area contributed by atoms with Crippen LogP contribution in [-0.4, -0.2) is 16.6 Å². The molecule has 2 N–H and O–H groups in total. The highest BCUT2D eigenvalue weighted by Gasteiger charge is 2.17. The third kappa shape index (κ3) is 3.89. The fourth-order valence-corrected chi connectivity index (χ4v) is 2.34. The molecular formula is C17H22N2O. The molecule has 1 aromatic heterocycles. The van der Waals surface area contributed by atoms with Crippen LogP contribution in [0.4, 0.5) is 0 Å². The van der Waals surface area contributed by atoms with E-state index in [1.54, 1.807) is 12.4 Å². The van der Waals surface area contributed by atoms with Crippen molar-refractivity contribution >= 4 is 0 Å². The second-order valence-electron chi connectivity index (χ2n) is 5.34. The number of aromatic nitrogens is 1. The number of rotatable bonds is 6. The zero-order chi connectivity index (χ0) is 14.4. The first kappa shape index (κ1) is 14.7. The first-order valence-corrected chi connectivity index (χ1v) is 7.05. The average Bonchev–Trinajstić information content (AvgIpc) is 2.49. The van der Waals surface area contributed by atoms with Gasteiger partial charge in [-0.1, -0.05) is 44.2 Å². The van der Waals surface area contributed by atoms with Crippen molar-refractivity contribution in [1.29, 1.82) is 0 Å². The molecule has 0 radical (unpaired) electrons. The Bertz CT molecular complexity index is 499. The van der Waals surface area contributed by atoms with Crippen molar-refractivity contribution in [1.82, 2.24) is 10.3 Å². The van der Waals surface area contributed by atoms with E-state index >= 15 is 0 Å². The van der Waals surface area contributed by atoms with Gasteiger partial charge in [0.1, 0.15) is 0 Å². The Labute approximate surface area is 120 Å². The second-order valence-corrected chi connectivity index (χ2v) is 5.34. The number of nitrogens with one attached hydrogen (secondary N) is 1. The Kier molecular flexibility index (Phi) is 5.27. The summed E-state index contributed by atoms with van der Waals surface area (Å²) in [5, 5.41) is 13.7. The summed E-state index contributed by atoms with van der Waals surface area (Å²) in [6.45, 7) is 4.90. The van der Waals surface area contributed by atoms with E-state index in [0.29, 0.717) is 12.5 Å². The number of hydrogen-bond acceptors (Lipinski definition) is 3. The van der Waals surface area contributed by atoms with E-state index in [1.165, 1.54) is 5.56 Å². The Morgan fingerprint density at radius 3 is 2.25 bits per heavy atom. The van der Waals surface area contributed by atoms with Gasteiger partial charge in [-0.15, -0.1) is 0 Å². The normalized spacial score (nSPS) is 14.2. The minimum absolute atomic E-state index is 0.243. The van der Waals surface area contributed by atoms with Gasteiger partial charge in [-0.25, -0.2) is 0 Å². The standard InChI is InChI=1S/C17H22N2O/c1-13(2)17(15-6-4-3-5-7-15)19-12-16(20)14-8-10-18-11-9-14/h3-11,13,16-17,19-20H,12H2,1-2H3. The van der Waals surface area contributed by atoms with Gasteiger partial charge in [-0.05, 0) is 29.2 Å². The highest BCUT2D eigenvalue weighted by molar-refractivity contribution is 5.20. The van der Waals surface area contributed by atoms with Gasteiger partial charge in [0, 0.05) is 25.0 Å². The zero-order valence-electron chi connectivity index (χ0n) is 12.0. The van der Waals surface area contributed by atoms with Crippen LogP contribution in [0.15, 0.2) is 54.9 Å². The van der Waals surface area contributed by atoms with Crippen LogP contribution >= 0.6 is 0 Å². The maximum absolute atomic E-state index is 10.2. The van der Waals surface area contributed by atoms with Gasteiger partial charge in [0.05, 0.1) is 6.10 Å². The van der Waals surface area contributed by atoms with Gasteiger partial charge in [-0.2, -0.15) is 0 Å². The van der Waals surface area contributed by atoms with Gasteiger partial charge in [0.2, 0.25) is 0 Å². The van der Waals surface area contributed by atoms with Crippen LogP contribution in [-0.2, 0) is 0 Å². The Morgan fingerprint density at radius 1 is 1.00 bits per heavy atom. The predicted molar refractivity (Wildman–Crippen MR) is 81.2 cm³/mol. The van der Waals surface area contributed by atoms with E-state index in [2.05, 4.69) is 36.3 Å². The quantitative estimate of drug-likeness (QED) is 0.848. The molecule has 0 spiro atoms. The Hall–Kier alpha value is -1.71. The molecule has 0 aliphatic rings. The second kappa shape index (κ2) is 7.17. The number of hydrogen-bond donors (Lipinski definition) is 2. The molecule has 0 saturated heterocycles. The fourth-order valence-electron chi connectivity index (χ4n) is 2.34. The smallest absolute Gasteiger partial charge is 0.0915 e. The van der Waals surface area contributed by atoms with Crippen molar-refractivity contribution in [2.45, 2.75) is 26.0 Å². The molecule has 20 heavy (non-hydrogen) atoms. The Balaban J connectivity index is 2.00. The number of aliphatic hydroxyl groups excluding tert-OH is 1. The van der Waals surface area contributed by atoms with Crippen LogP contribution in [0.2, 0.25) is 0 Å². The Morgan fingerprint density at radius 2 is 1.65 bits per heavy atom. The highest BCUT2D eigenvalue weighted by Crippen LogP contribution is 2.22. The molecule has 3 heteroatoms. The predicted octanol–water partition coefficient (Wildman–Crippen LogP) is 3.10. The summed E-state index contributed by atoms with van der Waals surface area (Å²) >= 11 is 0. The minimum Gasteiger partial charge on any atom is -0.387 e. The summed E-state index contributed by atoms with van der Waals surface area (Å²) in [5.74, 6) is 0.460. The molecule has 3 nitrogen and oxygen atoms in total. The molecule has 1 heterocycles. The van der Waals surface area contributed by atoms with Crippen molar-refractivity contribution < 1.29 is 5.11 Å². The number of benzene rings is 1. The molecule has 0 aliphatic carbocycles. The summed E-state index contributed by atoms with van der Waals surface area (Å²) in [6.07, 6.45) is 2.90. The monoisotopic (exact) mass is 270 g/mol. The molecule has 0 saturated carbocycles. The molecule has 2 aromatic rings. The van der Waals surface area contributed by atoms with E-state index in [0.717, 1.165) is 5.56 Å². The number of pyridine rings is 1. The summed E-state index contributed by atoms with van der Waals surface area (Å²) in [4.78, 5) is 3.97. The number of aliphatic hydroxyl groups is 1. The molecule has 1 aromatic carbocycles. The molecule has 2 atom stereocenters. The van der Waals surface area contributed by atoms with Gasteiger partial charge in [-0.3, -0.25) is 4.98 Å². The lowest BCUT2D eigenvalue weighted by Gasteiger charge is -2.24. The lowest BCUT2D eigenvalue weighted by atomic mass is 9.95. The van der Waals surface area contributed by atoms with E-state index < -0.39 is 6.10 Å². The zero-order valence-corrected chi connectivity index (χ0v) is 12.0. The van der Waals surface area contributed by atoms with Crippen LogP contribution < -0.4 is 5.32 Å². The molecule has 2 unspecified atom stereocenters.